The van der Waals surface area contributed by atoms with Crippen molar-refractivity contribution in [2.45, 2.75) is 136 Å². The van der Waals surface area contributed by atoms with E-state index in [1.54, 1.807) is 0 Å². The van der Waals surface area contributed by atoms with Crippen molar-refractivity contribution in [1.29, 1.82) is 0 Å². The van der Waals surface area contributed by atoms with E-state index in [0.29, 0.717) is 0 Å². The minimum Gasteiger partial charge on any atom is -0.103 e. The lowest BCUT2D eigenvalue weighted by Gasteiger charge is -2.00. The van der Waals surface area contributed by atoms with E-state index < -0.39 is 0 Å². The third-order valence-corrected chi connectivity index (χ3v) is 4.77. The second kappa shape index (κ2) is 28.3. The number of allylic oxidation sites excluding steroid dienone is 2. The quantitative estimate of drug-likeness (QED) is 0.160. The van der Waals surface area contributed by atoms with Gasteiger partial charge in [0, 0.05) is 0 Å². The average Bonchev–Trinajstić information content (AvgIpc) is 2.63. The molecular weight excluding hydrogens is 300 g/mol. The zero-order valence-electron chi connectivity index (χ0n) is 18.0. The van der Waals surface area contributed by atoms with Crippen LogP contribution in [0.2, 0.25) is 0 Å². The molecule has 0 bridgehead atoms. The highest BCUT2D eigenvalue weighted by Gasteiger charge is 1.91. The fraction of sp³-hybridized carbons (Fsp3) is 0.840. The molecule has 0 N–H and O–H groups in total. The van der Waals surface area contributed by atoms with Gasteiger partial charge in [-0.15, -0.1) is 13.2 Å². The summed E-state index contributed by atoms with van der Waals surface area (Å²) in [5.41, 5.74) is 0. The minimum absolute atomic E-state index is 1.20. The predicted octanol–water partition coefficient (Wildman–Crippen LogP) is 9.80. The van der Waals surface area contributed by atoms with Crippen molar-refractivity contribution in [3.8, 4) is 0 Å². The van der Waals surface area contributed by atoms with Gasteiger partial charge >= 0.3 is 0 Å². The molecule has 0 aromatic carbocycles. The smallest absolute Gasteiger partial charge is 0.0353 e. The highest BCUT2D eigenvalue weighted by Crippen LogP contribution is 2.10. The Morgan fingerprint density at radius 1 is 0.400 bits per heavy atom. The van der Waals surface area contributed by atoms with E-state index in [1.807, 2.05) is 12.2 Å². The molecule has 150 valence electrons. The summed E-state index contributed by atoms with van der Waals surface area (Å²) in [4.78, 5) is 0. The Bertz CT molecular complexity index is 228. The van der Waals surface area contributed by atoms with Crippen LogP contribution in [-0.4, -0.2) is 0 Å². The molecule has 0 radical (unpaired) electrons. The lowest BCUT2D eigenvalue weighted by molar-refractivity contribution is 0.566. The normalized spacial score (nSPS) is 10.2. The summed E-state index contributed by atoms with van der Waals surface area (Å²) in [6.45, 7) is 12.0. The topological polar surface area (TPSA) is 0 Å². The third kappa shape index (κ3) is 31.7. The zero-order valence-corrected chi connectivity index (χ0v) is 18.0. The molecule has 0 fully saturated rings. The summed E-state index contributed by atoms with van der Waals surface area (Å²) in [7, 11) is 0. The SMILES string of the molecule is C=CCCCCCCCCCC.C=CCCCCCCCCCCC. The van der Waals surface area contributed by atoms with Gasteiger partial charge < -0.3 is 0 Å². The van der Waals surface area contributed by atoms with E-state index in [0.717, 1.165) is 0 Å². The number of hydrogen-bond donors (Lipinski definition) is 0. The second-order valence-corrected chi connectivity index (χ2v) is 7.46. The summed E-state index contributed by atoms with van der Waals surface area (Å²) < 4.78 is 0. The van der Waals surface area contributed by atoms with Crippen LogP contribution in [0, 0.1) is 0 Å². The number of unbranched alkanes of at least 4 members (excludes halogenated alkanes) is 17. The molecule has 0 unspecified atom stereocenters. The first-order chi connectivity index (χ1) is 12.3. The van der Waals surface area contributed by atoms with Crippen molar-refractivity contribution in [3.05, 3.63) is 25.3 Å². The van der Waals surface area contributed by atoms with Crippen molar-refractivity contribution in [3.63, 3.8) is 0 Å². The van der Waals surface area contributed by atoms with Crippen molar-refractivity contribution >= 4 is 0 Å². The summed E-state index contributed by atoms with van der Waals surface area (Å²) in [5.74, 6) is 0. The van der Waals surface area contributed by atoms with Crippen LogP contribution in [0.1, 0.15) is 136 Å². The first-order valence-corrected chi connectivity index (χ1v) is 11.5. The molecular formula is C25H50. The van der Waals surface area contributed by atoms with Crippen LogP contribution in [-0.2, 0) is 0 Å². The van der Waals surface area contributed by atoms with Gasteiger partial charge in [0.15, 0.2) is 0 Å². The van der Waals surface area contributed by atoms with Gasteiger partial charge in [-0.25, -0.2) is 0 Å². The van der Waals surface area contributed by atoms with E-state index in [1.165, 1.54) is 122 Å². The molecule has 0 aromatic rings. The first kappa shape index (κ1) is 26.7. The molecule has 0 saturated carbocycles. The van der Waals surface area contributed by atoms with Gasteiger partial charge in [0.05, 0.1) is 0 Å². The highest BCUT2D eigenvalue weighted by atomic mass is 14.0. The summed E-state index contributed by atoms with van der Waals surface area (Å²) in [5, 5.41) is 0. The molecule has 0 rings (SSSR count). The molecule has 25 heavy (non-hydrogen) atoms. The van der Waals surface area contributed by atoms with Gasteiger partial charge in [0.1, 0.15) is 0 Å². The second-order valence-electron chi connectivity index (χ2n) is 7.46. The molecule has 0 heteroatoms. The standard InChI is InChI=1S/C13H26.C12H24/c1-3-5-7-9-11-13-12-10-8-6-4-2;1-3-5-7-9-11-12-10-8-6-4-2/h3H,1,4-13H2,2H3;3H,1,4-12H2,2H3. The Labute approximate surface area is 161 Å². The lowest BCUT2D eigenvalue weighted by Crippen LogP contribution is -1.80. The largest absolute Gasteiger partial charge is 0.103 e. The zero-order chi connectivity index (χ0) is 18.8. The van der Waals surface area contributed by atoms with Gasteiger partial charge in [0.2, 0.25) is 0 Å². The fourth-order valence-electron chi connectivity index (χ4n) is 3.02. The fourth-order valence-corrected chi connectivity index (χ4v) is 3.02. The van der Waals surface area contributed by atoms with Crippen LogP contribution in [0.3, 0.4) is 0 Å². The maximum atomic E-state index is 3.73. The Hall–Kier alpha value is -0.520. The predicted molar refractivity (Wildman–Crippen MR) is 119 cm³/mol. The van der Waals surface area contributed by atoms with Crippen LogP contribution >= 0.6 is 0 Å². The van der Waals surface area contributed by atoms with Crippen LogP contribution in [0.25, 0.3) is 0 Å². The van der Waals surface area contributed by atoms with E-state index in [4.69, 9.17) is 0 Å². The Morgan fingerprint density at radius 3 is 0.880 bits per heavy atom. The van der Waals surface area contributed by atoms with E-state index in [-0.39, 0.29) is 0 Å². The molecule has 0 atom stereocenters. The molecule has 0 aliphatic heterocycles. The molecule has 0 saturated heterocycles. The Morgan fingerprint density at radius 2 is 0.640 bits per heavy atom. The molecule has 0 aliphatic carbocycles. The third-order valence-electron chi connectivity index (χ3n) is 4.77. The van der Waals surface area contributed by atoms with Crippen LogP contribution in [0.5, 0.6) is 0 Å². The van der Waals surface area contributed by atoms with Crippen molar-refractivity contribution in [1.82, 2.24) is 0 Å². The summed E-state index contributed by atoms with van der Waals surface area (Å²) in [6.07, 6.45) is 30.5. The monoisotopic (exact) mass is 350 g/mol. The Balaban J connectivity index is 0. The van der Waals surface area contributed by atoms with Gasteiger partial charge in [-0.2, -0.15) is 0 Å². The van der Waals surface area contributed by atoms with Crippen molar-refractivity contribution < 1.29 is 0 Å². The molecule has 0 aromatic heterocycles. The van der Waals surface area contributed by atoms with Crippen molar-refractivity contribution in [2.24, 2.45) is 0 Å². The minimum atomic E-state index is 1.20. The average molecular weight is 351 g/mol. The van der Waals surface area contributed by atoms with Crippen LogP contribution < -0.4 is 0 Å². The Kier molecular flexibility index (Phi) is 30.2. The maximum absolute atomic E-state index is 3.73. The van der Waals surface area contributed by atoms with E-state index in [2.05, 4.69) is 27.0 Å². The number of hydrogen-bond acceptors (Lipinski definition) is 0. The summed E-state index contributed by atoms with van der Waals surface area (Å²) >= 11 is 0. The van der Waals surface area contributed by atoms with Gasteiger partial charge in [-0.3, -0.25) is 0 Å². The molecule has 0 nitrogen and oxygen atoms in total. The summed E-state index contributed by atoms with van der Waals surface area (Å²) in [6, 6.07) is 0. The van der Waals surface area contributed by atoms with Crippen molar-refractivity contribution in [2.75, 3.05) is 0 Å². The first-order valence-electron chi connectivity index (χ1n) is 11.5. The molecule has 0 heterocycles. The van der Waals surface area contributed by atoms with E-state index in [9.17, 15) is 0 Å². The molecule has 0 spiro atoms. The van der Waals surface area contributed by atoms with E-state index >= 15 is 0 Å². The highest BCUT2D eigenvalue weighted by molar-refractivity contribution is 4.65. The number of rotatable bonds is 19. The lowest BCUT2D eigenvalue weighted by atomic mass is 10.1. The maximum Gasteiger partial charge on any atom is -0.0353 e. The van der Waals surface area contributed by atoms with Crippen LogP contribution in [0.4, 0.5) is 0 Å². The van der Waals surface area contributed by atoms with Gasteiger partial charge in [0.25, 0.3) is 0 Å². The molecule has 0 amide bonds. The molecule has 0 aliphatic rings. The van der Waals surface area contributed by atoms with Crippen LogP contribution in [0.15, 0.2) is 25.3 Å². The van der Waals surface area contributed by atoms with Gasteiger partial charge in [-0.05, 0) is 25.7 Å². The van der Waals surface area contributed by atoms with Gasteiger partial charge in [-0.1, -0.05) is 122 Å².